The average molecular weight is 446 g/mol. The maximum absolute atomic E-state index is 5.24. The molecule has 0 atom stereocenters. The van der Waals surface area contributed by atoms with E-state index in [0.717, 1.165) is 24.3 Å². The van der Waals surface area contributed by atoms with E-state index >= 15 is 0 Å². The summed E-state index contributed by atoms with van der Waals surface area (Å²) in [6, 6.07) is 16.2. The van der Waals surface area contributed by atoms with Crippen LogP contribution in [0.15, 0.2) is 73.2 Å². The minimum Gasteiger partial charge on any atom is -2.00 e. The molecule has 0 spiro atoms. The molecule has 0 aromatic heterocycles. The van der Waals surface area contributed by atoms with Gasteiger partial charge < -0.3 is 36.9 Å². The molecule has 27 heavy (non-hydrogen) atoms. The number of allylic oxidation sites excluding steroid dienone is 2. The first-order chi connectivity index (χ1) is 9.93. The monoisotopic (exact) mass is 446 g/mol. The van der Waals surface area contributed by atoms with Gasteiger partial charge in [-0.3, -0.25) is 0 Å². The molecule has 0 radical (unpaired) electrons. The molecule has 4 rings (SSSR count). The standard InChI is InChI=1S/2C9H8O.5O.2V/c2*1-2-6-9-8(4-1)5-3-7-10-9;;;;;;;/h2*1-4,6-7H,5H2;;;;;;;/q;;5*-2;2*+5. The summed E-state index contributed by atoms with van der Waals surface area (Å²) in [6.07, 6.45) is 9.50. The molecule has 2 aliphatic heterocycles. The molecule has 2 heterocycles. The molecule has 9 heteroatoms. The van der Waals surface area contributed by atoms with Crippen molar-refractivity contribution in [2.24, 2.45) is 0 Å². The molecule has 0 N–H and O–H groups in total. The first kappa shape index (κ1) is 36.4. The summed E-state index contributed by atoms with van der Waals surface area (Å²) in [4.78, 5) is 0. The fourth-order valence-corrected chi connectivity index (χ4v) is 2.17. The maximum atomic E-state index is 5.24. The summed E-state index contributed by atoms with van der Waals surface area (Å²) in [5.41, 5.74) is 2.54. The van der Waals surface area contributed by atoms with Crippen LogP contribution in [0.2, 0.25) is 0 Å². The largest absolute Gasteiger partial charge is 5.00 e. The van der Waals surface area contributed by atoms with Crippen LogP contribution in [-0.4, -0.2) is 0 Å². The van der Waals surface area contributed by atoms with E-state index in [1.807, 2.05) is 48.6 Å². The first-order valence-corrected chi connectivity index (χ1v) is 6.72. The summed E-state index contributed by atoms with van der Waals surface area (Å²) < 4.78 is 10.5. The topological polar surface area (TPSA) is 161 Å². The third kappa shape index (κ3) is 10.4. The molecule has 0 fully saturated rings. The minimum absolute atomic E-state index is 0. The van der Waals surface area contributed by atoms with E-state index in [2.05, 4.69) is 12.1 Å². The van der Waals surface area contributed by atoms with Crippen molar-refractivity contribution in [2.45, 2.75) is 12.8 Å². The Morgan fingerprint density at radius 3 is 1.19 bits per heavy atom. The van der Waals surface area contributed by atoms with Gasteiger partial charge in [-0.15, -0.1) is 0 Å². The van der Waals surface area contributed by atoms with Crippen LogP contribution < -0.4 is 9.47 Å². The van der Waals surface area contributed by atoms with Crippen LogP contribution in [0.1, 0.15) is 11.1 Å². The zero-order valence-electron chi connectivity index (χ0n) is 14.1. The van der Waals surface area contributed by atoms with Crippen molar-refractivity contribution in [3.05, 3.63) is 84.3 Å². The molecule has 0 unspecified atom stereocenters. The summed E-state index contributed by atoms with van der Waals surface area (Å²) in [6.45, 7) is 0. The quantitative estimate of drug-likeness (QED) is 0.604. The number of ether oxygens (including phenoxy) is 2. The van der Waals surface area contributed by atoms with Crippen LogP contribution in [-0.2, 0) is 77.3 Å². The minimum atomic E-state index is 0. The Hall–Kier alpha value is -1.51. The van der Waals surface area contributed by atoms with E-state index in [-0.39, 0.29) is 64.5 Å². The number of para-hydroxylation sites is 2. The van der Waals surface area contributed by atoms with Gasteiger partial charge in [0.2, 0.25) is 0 Å². The number of rotatable bonds is 0. The summed E-state index contributed by atoms with van der Waals surface area (Å²) >= 11 is 0. The van der Waals surface area contributed by atoms with Crippen molar-refractivity contribution in [1.82, 2.24) is 0 Å². The van der Waals surface area contributed by atoms with Crippen molar-refractivity contribution < 1.29 is 74.0 Å². The molecular weight excluding hydrogens is 430 g/mol. The van der Waals surface area contributed by atoms with Gasteiger partial charge in [0.05, 0.1) is 12.5 Å². The second kappa shape index (κ2) is 19.3. The van der Waals surface area contributed by atoms with Gasteiger partial charge in [-0.05, 0) is 48.3 Å². The molecule has 0 bridgehead atoms. The van der Waals surface area contributed by atoms with Crippen molar-refractivity contribution in [3.63, 3.8) is 0 Å². The normalized spacial score (nSPS) is 10.4. The van der Waals surface area contributed by atoms with Crippen LogP contribution in [0.5, 0.6) is 11.5 Å². The van der Waals surface area contributed by atoms with Crippen molar-refractivity contribution >= 4 is 0 Å². The Labute approximate surface area is 182 Å². The zero-order chi connectivity index (χ0) is 13.6. The predicted molar refractivity (Wildman–Crippen MR) is 83.3 cm³/mol. The van der Waals surface area contributed by atoms with Gasteiger partial charge in [0.15, 0.2) is 0 Å². The van der Waals surface area contributed by atoms with Gasteiger partial charge in [0, 0.05) is 0 Å². The van der Waals surface area contributed by atoms with Crippen molar-refractivity contribution in [1.29, 1.82) is 0 Å². The van der Waals surface area contributed by atoms with E-state index in [0.29, 0.717) is 0 Å². The smallest absolute Gasteiger partial charge is 2.00 e. The Bertz CT molecular complexity index is 552. The molecule has 0 saturated heterocycles. The fraction of sp³-hybridized carbons (Fsp3) is 0.111. The van der Waals surface area contributed by atoms with Gasteiger partial charge >= 0.3 is 37.1 Å². The van der Waals surface area contributed by atoms with Gasteiger partial charge in [-0.2, -0.15) is 0 Å². The van der Waals surface area contributed by atoms with E-state index in [9.17, 15) is 0 Å². The van der Waals surface area contributed by atoms with Gasteiger partial charge in [-0.1, -0.05) is 36.4 Å². The first-order valence-electron chi connectivity index (χ1n) is 6.72. The Kier molecular flexibility index (Phi) is 26.0. The van der Waals surface area contributed by atoms with E-state index < -0.39 is 0 Å². The number of fused-ring (bicyclic) bond motifs is 2. The van der Waals surface area contributed by atoms with Crippen LogP contribution in [0, 0.1) is 0 Å². The summed E-state index contributed by atoms with van der Waals surface area (Å²) in [5, 5.41) is 0. The van der Waals surface area contributed by atoms with Crippen LogP contribution in [0.4, 0.5) is 0 Å². The molecule has 7 nitrogen and oxygen atoms in total. The van der Waals surface area contributed by atoms with Gasteiger partial charge in [-0.25, -0.2) is 0 Å². The maximum Gasteiger partial charge on any atom is 5.00 e. The fourth-order valence-electron chi connectivity index (χ4n) is 2.17. The second-order valence-corrected chi connectivity index (χ2v) is 4.60. The van der Waals surface area contributed by atoms with Gasteiger partial charge in [0.1, 0.15) is 11.5 Å². The summed E-state index contributed by atoms with van der Waals surface area (Å²) in [5.74, 6) is 1.98. The van der Waals surface area contributed by atoms with E-state index in [4.69, 9.17) is 9.47 Å². The third-order valence-corrected chi connectivity index (χ3v) is 3.20. The Balaban J connectivity index is -0.0000000949. The van der Waals surface area contributed by atoms with Crippen LogP contribution >= 0.6 is 0 Å². The third-order valence-electron chi connectivity index (χ3n) is 3.20. The van der Waals surface area contributed by atoms with E-state index in [1.165, 1.54) is 11.1 Å². The molecule has 0 aliphatic carbocycles. The molecule has 140 valence electrons. The van der Waals surface area contributed by atoms with Crippen molar-refractivity contribution in [2.75, 3.05) is 0 Å². The van der Waals surface area contributed by atoms with Crippen molar-refractivity contribution in [3.8, 4) is 11.5 Å². The molecule has 2 aromatic rings. The SMILES string of the molecule is C1=COc2ccccc2C1.C1=COc2ccccc2C1.[O-2].[O-2].[O-2].[O-2].[O-2].[V+5].[V+5]. The molecule has 0 amide bonds. The van der Waals surface area contributed by atoms with Crippen LogP contribution in [0.25, 0.3) is 0 Å². The Morgan fingerprint density at radius 1 is 0.519 bits per heavy atom. The average Bonchev–Trinajstić information content (AvgIpc) is 2.56. The zero-order valence-corrected chi connectivity index (χ0v) is 16.9. The number of hydrogen-bond acceptors (Lipinski definition) is 2. The number of benzene rings is 2. The van der Waals surface area contributed by atoms with E-state index in [1.54, 1.807) is 12.5 Å². The second-order valence-electron chi connectivity index (χ2n) is 4.60. The predicted octanol–water partition coefficient (Wildman–Crippen LogP) is 3.67. The molecular formula is C18H16O7V2. The number of hydrogen-bond donors (Lipinski definition) is 0. The summed E-state index contributed by atoms with van der Waals surface area (Å²) in [7, 11) is 0. The molecule has 2 aromatic carbocycles. The Morgan fingerprint density at radius 2 is 0.852 bits per heavy atom. The van der Waals surface area contributed by atoms with Crippen LogP contribution in [0.3, 0.4) is 0 Å². The van der Waals surface area contributed by atoms with Gasteiger partial charge in [0.25, 0.3) is 0 Å². The molecule has 0 saturated carbocycles. The molecule has 2 aliphatic rings.